The summed E-state index contributed by atoms with van der Waals surface area (Å²) < 4.78 is 1.68. The lowest BCUT2D eigenvalue weighted by Gasteiger charge is -2.25. The van der Waals surface area contributed by atoms with Gasteiger partial charge in [0.05, 0.1) is 23.9 Å². The van der Waals surface area contributed by atoms with Crippen LogP contribution in [0.1, 0.15) is 36.3 Å². The van der Waals surface area contributed by atoms with Crippen molar-refractivity contribution >= 4 is 5.91 Å². The van der Waals surface area contributed by atoms with Gasteiger partial charge >= 0.3 is 0 Å². The minimum atomic E-state index is -0.0533. The number of aliphatic hydroxyl groups excluding tert-OH is 1. The molecule has 0 aromatic carbocycles. The smallest absolute Gasteiger partial charge is 0.257 e. The van der Waals surface area contributed by atoms with Gasteiger partial charge in [-0.15, -0.1) is 0 Å². The molecule has 2 unspecified atom stereocenters. The largest absolute Gasteiger partial charge is 0.394 e. The summed E-state index contributed by atoms with van der Waals surface area (Å²) in [6.07, 6.45) is 3.48. The molecule has 1 aliphatic rings. The summed E-state index contributed by atoms with van der Waals surface area (Å²) in [4.78, 5) is 14.3. The van der Waals surface area contributed by atoms with E-state index in [1.54, 1.807) is 15.8 Å². The van der Waals surface area contributed by atoms with Crippen molar-refractivity contribution in [3.63, 3.8) is 0 Å². The van der Waals surface area contributed by atoms with Crippen LogP contribution in [0.5, 0.6) is 0 Å². The van der Waals surface area contributed by atoms with E-state index >= 15 is 0 Å². The van der Waals surface area contributed by atoms with Crippen LogP contribution in [-0.2, 0) is 13.5 Å². The normalized spacial score (nSPS) is 23.7. The Balaban J connectivity index is 2.25. The van der Waals surface area contributed by atoms with Gasteiger partial charge in [0.15, 0.2) is 0 Å². The van der Waals surface area contributed by atoms with Crippen LogP contribution < -0.4 is 0 Å². The van der Waals surface area contributed by atoms with Crippen LogP contribution in [0.15, 0.2) is 6.20 Å². The van der Waals surface area contributed by atoms with Crippen molar-refractivity contribution < 1.29 is 9.90 Å². The third kappa shape index (κ3) is 2.14. The molecule has 2 rings (SSSR count). The zero-order chi connectivity index (χ0) is 13.3. The molecule has 18 heavy (non-hydrogen) atoms. The SMILES string of the molecule is CCc1nn(C)cc1C(=O)N1CCC(C)C1CO. The lowest BCUT2D eigenvalue weighted by Crippen LogP contribution is -2.40. The first-order chi connectivity index (χ1) is 8.58. The molecule has 1 aromatic rings. The molecule has 2 atom stereocenters. The molecule has 0 bridgehead atoms. The lowest BCUT2D eigenvalue weighted by atomic mass is 10.0. The van der Waals surface area contributed by atoms with Gasteiger partial charge in [0.2, 0.25) is 0 Å². The first kappa shape index (κ1) is 13.1. The summed E-state index contributed by atoms with van der Waals surface area (Å²) in [7, 11) is 1.83. The molecule has 100 valence electrons. The summed E-state index contributed by atoms with van der Waals surface area (Å²) in [5.41, 5.74) is 1.51. The second kappa shape index (κ2) is 5.10. The van der Waals surface area contributed by atoms with Gasteiger partial charge in [-0.3, -0.25) is 9.48 Å². The van der Waals surface area contributed by atoms with Crippen LogP contribution in [0.3, 0.4) is 0 Å². The highest BCUT2D eigenvalue weighted by Gasteiger charge is 2.35. The first-order valence-electron chi connectivity index (χ1n) is 6.52. The number of nitrogens with zero attached hydrogens (tertiary/aromatic N) is 3. The van der Waals surface area contributed by atoms with E-state index < -0.39 is 0 Å². The molecular weight excluding hydrogens is 230 g/mol. The Morgan fingerprint density at radius 3 is 2.94 bits per heavy atom. The van der Waals surface area contributed by atoms with Gasteiger partial charge in [-0.2, -0.15) is 5.10 Å². The van der Waals surface area contributed by atoms with Crippen molar-refractivity contribution in [3.8, 4) is 0 Å². The van der Waals surface area contributed by atoms with Gasteiger partial charge < -0.3 is 10.0 Å². The maximum Gasteiger partial charge on any atom is 0.257 e. The molecule has 1 saturated heterocycles. The monoisotopic (exact) mass is 251 g/mol. The topological polar surface area (TPSA) is 58.4 Å². The van der Waals surface area contributed by atoms with E-state index in [1.807, 2.05) is 14.0 Å². The van der Waals surface area contributed by atoms with E-state index in [-0.39, 0.29) is 18.6 Å². The van der Waals surface area contributed by atoms with E-state index in [0.29, 0.717) is 11.5 Å². The van der Waals surface area contributed by atoms with Crippen molar-refractivity contribution in [3.05, 3.63) is 17.5 Å². The number of hydrogen-bond donors (Lipinski definition) is 1. The fourth-order valence-electron chi connectivity index (χ4n) is 2.67. The number of amides is 1. The number of aromatic nitrogens is 2. The maximum atomic E-state index is 12.5. The van der Waals surface area contributed by atoms with Gasteiger partial charge in [-0.25, -0.2) is 0 Å². The van der Waals surface area contributed by atoms with Gasteiger partial charge in [0, 0.05) is 19.8 Å². The molecule has 2 heterocycles. The molecule has 1 aliphatic heterocycles. The zero-order valence-corrected chi connectivity index (χ0v) is 11.3. The molecular formula is C13H21N3O2. The summed E-state index contributed by atoms with van der Waals surface area (Å²) in [5.74, 6) is 0.365. The Morgan fingerprint density at radius 2 is 2.33 bits per heavy atom. The molecule has 5 heteroatoms. The fourth-order valence-corrected chi connectivity index (χ4v) is 2.67. The van der Waals surface area contributed by atoms with Gasteiger partial charge in [-0.1, -0.05) is 13.8 Å². The molecule has 1 amide bonds. The maximum absolute atomic E-state index is 12.5. The lowest BCUT2D eigenvalue weighted by molar-refractivity contribution is 0.0647. The fraction of sp³-hybridized carbons (Fsp3) is 0.692. The summed E-state index contributed by atoms with van der Waals surface area (Å²) in [6.45, 7) is 4.84. The average molecular weight is 251 g/mol. The van der Waals surface area contributed by atoms with Crippen molar-refractivity contribution in [1.29, 1.82) is 0 Å². The molecule has 1 aromatic heterocycles. The standard InChI is InChI=1S/C13H21N3O2/c1-4-11-10(7-15(3)14-11)13(18)16-6-5-9(2)12(16)8-17/h7,9,12,17H,4-6,8H2,1-3H3. The van der Waals surface area contributed by atoms with Crippen LogP contribution in [-0.4, -0.2) is 44.9 Å². The number of aliphatic hydroxyl groups is 1. The molecule has 0 saturated carbocycles. The quantitative estimate of drug-likeness (QED) is 0.865. The van der Waals surface area contributed by atoms with Crippen LogP contribution >= 0.6 is 0 Å². The minimum Gasteiger partial charge on any atom is -0.394 e. The molecule has 5 nitrogen and oxygen atoms in total. The molecule has 1 fully saturated rings. The highest BCUT2D eigenvalue weighted by atomic mass is 16.3. The Kier molecular flexibility index (Phi) is 3.71. The molecule has 0 radical (unpaired) electrons. The number of carbonyl (C=O) groups excluding carboxylic acids is 1. The Hall–Kier alpha value is -1.36. The summed E-state index contributed by atoms with van der Waals surface area (Å²) >= 11 is 0. The predicted molar refractivity (Wildman–Crippen MR) is 68.3 cm³/mol. The molecule has 0 aliphatic carbocycles. The van der Waals surface area contributed by atoms with Gasteiger partial charge in [0.1, 0.15) is 0 Å². The number of aryl methyl sites for hydroxylation is 2. The number of carbonyl (C=O) groups is 1. The van der Waals surface area contributed by atoms with Crippen LogP contribution in [0.25, 0.3) is 0 Å². The summed E-state index contributed by atoms with van der Waals surface area (Å²) in [6, 6.07) is -0.0533. The second-order valence-electron chi connectivity index (χ2n) is 5.03. The number of likely N-dealkylation sites (tertiary alicyclic amines) is 1. The van der Waals surface area contributed by atoms with Crippen molar-refractivity contribution in [2.75, 3.05) is 13.2 Å². The Bertz CT molecular complexity index is 441. The number of rotatable bonds is 3. The van der Waals surface area contributed by atoms with Crippen molar-refractivity contribution in [2.45, 2.75) is 32.7 Å². The van der Waals surface area contributed by atoms with E-state index in [9.17, 15) is 9.90 Å². The number of hydrogen-bond acceptors (Lipinski definition) is 3. The molecule has 1 N–H and O–H groups in total. The minimum absolute atomic E-state index is 0.00310. The highest BCUT2D eigenvalue weighted by Crippen LogP contribution is 2.26. The Morgan fingerprint density at radius 1 is 1.61 bits per heavy atom. The zero-order valence-electron chi connectivity index (χ0n) is 11.3. The third-order valence-electron chi connectivity index (χ3n) is 3.80. The van der Waals surface area contributed by atoms with Crippen LogP contribution in [0.4, 0.5) is 0 Å². The van der Waals surface area contributed by atoms with E-state index in [2.05, 4.69) is 12.0 Å². The van der Waals surface area contributed by atoms with E-state index in [0.717, 1.165) is 25.1 Å². The third-order valence-corrected chi connectivity index (χ3v) is 3.80. The van der Waals surface area contributed by atoms with Gasteiger partial charge in [-0.05, 0) is 18.8 Å². The second-order valence-corrected chi connectivity index (χ2v) is 5.03. The van der Waals surface area contributed by atoms with Crippen molar-refractivity contribution in [2.24, 2.45) is 13.0 Å². The first-order valence-corrected chi connectivity index (χ1v) is 6.52. The van der Waals surface area contributed by atoms with E-state index in [1.165, 1.54) is 0 Å². The van der Waals surface area contributed by atoms with Crippen LogP contribution in [0, 0.1) is 5.92 Å². The van der Waals surface area contributed by atoms with Crippen LogP contribution in [0.2, 0.25) is 0 Å². The molecule has 0 spiro atoms. The predicted octanol–water partition coefficient (Wildman–Crippen LogP) is 0.825. The van der Waals surface area contributed by atoms with Gasteiger partial charge in [0.25, 0.3) is 5.91 Å². The Labute approximate surface area is 107 Å². The van der Waals surface area contributed by atoms with Crippen molar-refractivity contribution in [1.82, 2.24) is 14.7 Å². The highest BCUT2D eigenvalue weighted by molar-refractivity contribution is 5.95. The van der Waals surface area contributed by atoms with E-state index in [4.69, 9.17) is 0 Å². The average Bonchev–Trinajstić information content (AvgIpc) is 2.91. The summed E-state index contributed by atoms with van der Waals surface area (Å²) in [5, 5.41) is 13.7.